The van der Waals surface area contributed by atoms with E-state index in [1.807, 2.05) is 44.2 Å². The number of benzene rings is 1. The summed E-state index contributed by atoms with van der Waals surface area (Å²) in [6.07, 6.45) is 4.47. The van der Waals surface area contributed by atoms with Crippen LogP contribution in [0.25, 0.3) is 0 Å². The van der Waals surface area contributed by atoms with Crippen LogP contribution in [0.15, 0.2) is 51.2 Å². The molecule has 0 amide bonds. The van der Waals surface area contributed by atoms with Crippen LogP contribution in [-0.2, 0) is 22.4 Å². The summed E-state index contributed by atoms with van der Waals surface area (Å²) in [5, 5.41) is 24.0. The number of aryl methyl sites for hydroxylation is 1. The predicted molar refractivity (Wildman–Crippen MR) is 143 cm³/mol. The number of carbonyl (C=O) groups excluding carboxylic acids is 2. The van der Waals surface area contributed by atoms with Gasteiger partial charge >= 0.3 is 5.97 Å². The van der Waals surface area contributed by atoms with Crippen molar-refractivity contribution in [2.75, 3.05) is 6.54 Å². The van der Waals surface area contributed by atoms with E-state index in [0.29, 0.717) is 61.4 Å². The number of aliphatic hydroxyl groups excluding tert-OH is 1. The fourth-order valence-electron chi connectivity index (χ4n) is 5.46. The molecule has 0 aliphatic heterocycles. The Hall–Kier alpha value is -3.55. The van der Waals surface area contributed by atoms with E-state index in [-0.39, 0.29) is 59.9 Å². The zero-order chi connectivity index (χ0) is 27.3. The van der Waals surface area contributed by atoms with Crippen molar-refractivity contribution in [3.05, 3.63) is 64.2 Å². The highest BCUT2D eigenvalue weighted by molar-refractivity contribution is 6.24. The van der Waals surface area contributed by atoms with Crippen molar-refractivity contribution in [3.63, 3.8) is 0 Å². The molecule has 1 fully saturated rings. The van der Waals surface area contributed by atoms with Crippen LogP contribution in [0.2, 0.25) is 0 Å². The van der Waals surface area contributed by atoms with Crippen molar-refractivity contribution in [2.24, 2.45) is 10.4 Å². The molecule has 38 heavy (non-hydrogen) atoms. The van der Waals surface area contributed by atoms with Gasteiger partial charge in [0.05, 0.1) is 16.8 Å². The maximum Gasteiger partial charge on any atom is 0.303 e. The number of carboxylic acid groups (broad SMARTS) is 1. The summed E-state index contributed by atoms with van der Waals surface area (Å²) in [4.78, 5) is 41.5. The Bertz CT molecular complexity index is 1250. The number of aliphatic carboxylic acids is 1. The minimum absolute atomic E-state index is 0.00392. The summed E-state index contributed by atoms with van der Waals surface area (Å²) in [7, 11) is 0. The molecule has 2 N–H and O–H groups in total. The van der Waals surface area contributed by atoms with Crippen molar-refractivity contribution in [3.8, 4) is 0 Å². The van der Waals surface area contributed by atoms with Crippen LogP contribution in [0, 0.1) is 5.41 Å². The van der Waals surface area contributed by atoms with Crippen molar-refractivity contribution < 1.29 is 29.1 Å². The molecule has 4 rings (SSSR count). The molecule has 1 heterocycles. The first-order valence-electron chi connectivity index (χ1n) is 13.4. The highest BCUT2D eigenvalue weighted by Crippen LogP contribution is 2.37. The number of ketones is 2. The number of nitrogens with zero attached hydrogens (tertiary/aromatic N) is 2. The molecule has 1 saturated carbocycles. The Morgan fingerprint density at radius 3 is 2.53 bits per heavy atom. The van der Waals surface area contributed by atoms with Gasteiger partial charge in [0.25, 0.3) is 0 Å². The summed E-state index contributed by atoms with van der Waals surface area (Å²) in [5.41, 5.74) is 2.79. The van der Waals surface area contributed by atoms with Gasteiger partial charge in [-0.2, -0.15) is 0 Å². The zero-order valence-electron chi connectivity index (χ0n) is 22.2. The van der Waals surface area contributed by atoms with E-state index < -0.39 is 5.97 Å². The molecule has 2 aliphatic rings. The third-order valence-electron chi connectivity index (χ3n) is 7.34. The molecule has 8 heteroatoms. The molecule has 0 saturated heterocycles. The molecule has 202 valence electrons. The van der Waals surface area contributed by atoms with Crippen molar-refractivity contribution in [2.45, 2.75) is 84.0 Å². The molecule has 8 nitrogen and oxygen atoms in total. The van der Waals surface area contributed by atoms with Crippen LogP contribution in [0.5, 0.6) is 0 Å². The van der Waals surface area contributed by atoms with Crippen LogP contribution < -0.4 is 0 Å². The molecule has 0 radical (unpaired) electrons. The molecular weight excluding hydrogens is 484 g/mol. The fourth-order valence-corrected chi connectivity index (χ4v) is 5.46. The number of hydrogen-bond donors (Lipinski definition) is 2. The normalized spacial score (nSPS) is 21.4. The van der Waals surface area contributed by atoms with Crippen molar-refractivity contribution in [1.29, 1.82) is 0 Å². The first kappa shape index (κ1) is 27.5. The lowest BCUT2D eigenvalue weighted by Crippen LogP contribution is -2.27. The number of aliphatic imine (C=N–C) groups is 1. The lowest BCUT2D eigenvalue weighted by molar-refractivity contribution is -0.137. The summed E-state index contributed by atoms with van der Waals surface area (Å²) in [6.45, 7) is 4.51. The highest BCUT2D eigenvalue weighted by atomic mass is 16.5. The smallest absolute Gasteiger partial charge is 0.303 e. The molecule has 0 spiro atoms. The summed E-state index contributed by atoms with van der Waals surface area (Å²) in [6, 6.07) is 9.84. The second kappa shape index (κ2) is 11.9. The maximum absolute atomic E-state index is 13.3. The van der Waals surface area contributed by atoms with E-state index in [4.69, 9.17) is 14.6 Å². The van der Waals surface area contributed by atoms with Gasteiger partial charge in [-0.05, 0) is 36.2 Å². The summed E-state index contributed by atoms with van der Waals surface area (Å²) >= 11 is 0. The SMILES string of the molecule is CC1(C)CC(=O)c2c(CC/C(O)=C3\C(=O)CC(c4ccccc4)CC3=NCCCCCC(=O)O)noc2C1. The second-order valence-electron chi connectivity index (χ2n) is 11.2. The van der Waals surface area contributed by atoms with Crippen molar-refractivity contribution in [1.82, 2.24) is 5.16 Å². The fraction of sp³-hybridized carbons (Fsp3) is 0.500. The molecule has 0 bridgehead atoms. The lowest BCUT2D eigenvalue weighted by atomic mass is 9.76. The highest BCUT2D eigenvalue weighted by Gasteiger charge is 2.37. The van der Waals surface area contributed by atoms with E-state index in [1.165, 1.54) is 0 Å². The summed E-state index contributed by atoms with van der Waals surface area (Å²) in [5.74, 6) is -0.413. The number of Topliss-reactive ketones (excluding diaryl/α,β-unsaturated/α-hetero) is 2. The standard InChI is InChI=1S/C30H36N2O6/c1-30(2)17-25(35)29-21(32-38-26(29)18-30)12-13-23(33)28-22(31-14-8-4-7-11-27(36)37)15-20(16-24(28)34)19-9-5-3-6-10-19/h3,5-6,9-10,20,33H,4,7-8,11-18H2,1-2H3,(H,36,37)/b28-23+,31-22?. The average Bonchev–Trinajstić information content (AvgIpc) is 3.26. The molecule has 1 aromatic carbocycles. The Kier molecular flexibility index (Phi) is 8.59. The quantitative estimate of drug-likeness (QED) is 0.230. The van der Waals surface area contributed by atoms with E-state index in [1.54, 1.807) is 0 Å². The maximum atomic E-state index is 13.3. The number of fused-ring (bicyclic) bond motifs is 1. The third kappa shape index (κ3) is 6.65. The third-order valence-corrected chi connectivity index (χ3v) is 7.34. The van der Waals surface area contributed by atoms with Crippen LogP contribution in [0.3, 0.4) is 0 Å². The van der Waals surface area contributed by atoms with Gasteiger partial charge in [0.15, 0.2) is 11.6 Å². The molecular formula is C30H36N2O6. The van der Waals surface area contributed by atoms with Gasteiger partial charge in [-0.1, -0.05) is 55.8 Å². The monoisotopic (exact) mass is 520 g/mol. The van der Waals surface area contributed by atoms with Crippen LogP contribution in [-0.4, -0.2) is 45.2 Å². The Labute approximate surface area is 222 Å². The number of unbranched alkanes of at least 4 members (excludes halogenated alkanes) is 2. The Morgan fingerprint density at radius 1 is 1.03 bits per heavy atom. The summed E-state index contributed by atoms with van der Waals surface area (Å²) < 4.78 is 5.48. The van der Waals surface area contributed by atoms with E-state index in [0.717, 1.165) is 12.0 Å². The Balaban J connectivity index is 1.52. The van der Waals surface area contributed by atoms with E-state index in [9.17, 15) is 19.5 Å². The van der Waals surface area contributed by atoms with Crippen LogP contribution >= 0.6 is 0 Å². The van der Waals surface area contributed by atoms with Gasteiger partial charge in [-0.3, -0.25) is 19.4 Å². The van der Waals surface area contributed by atoms with E-state index >= 15 is 0 Å². The molecule has 2 aromatic rings. The lowest BCUT2D eigenvalue weighted by Gasteiger charge is -2.27. The number of carbonyl (C=O) groups is 3. The first-order chi connectivity index (χ1) is 18.1. The minimum Gasteiger partial charge on any atom is -0.511 e. The van der Waals surface area contributed by atoms with E-state index in [2.05, 4.69) is 5.16 Å². The first-order valence-corrected chi connectivity index (χ1v) is 13.4. The number of rotatable bonds is 10. The number of hydrogen-bond acceptors (Lipinski definition) is 7. The number of carboxylic acids is 1. The second-order valence-corrected chi connectivity index (χ2v) is 11.2. The topological polar surface area (TPSA) is 130 Å². The van der Waals surface area contributed by atoms with Gasteiger partial charge in [-0.25, -0.2) is 0 Å². The number of aromatic nitrogens is 1. The molecule has 1 unspecified atom stereocenters. The zero-order valence-corrected chi connectivity index (χ0v) is 22.2. The molecule has 1 aromatic heterocycles. The van der Waals surface area contributed by atoms with Gasteiger partial charge < -0.3 is 14.7 Å². The number of allylic oxidation sites excluding steroid dienone is 2. The van der Waals surface area contributed by atoms with Gasteiger partial charge in [0.2, 0.25) is 0 Å². The largest absolute Gasteiger partial charge is 0.511 e. The average molecular weight is 521 g/mol. The predicted octanol–water partition coefficient (Wildman–Crippen LogP) is 5.81. The van der Waals surface area contributed by atoms with Gasteiger partial charge in [0.1, 0.15) is 11.5 Å². The minimum atomic E-state index is -0.811. The van der Waals surface area contributed by atoms with Gasteiger partial charge in [-0.15, -0.1) is 0 Å². The van der Waals surface area contributed by atoms with Crippen LogP contribution in [0.4, 0.5) is 0 Å². The number of aliphatic hydroxyl groups is 1. The van der Waals surface area contributed by atoms with Crippen LogP contribution in [0.1, 0.15) is 98.5 Å². The Morgan fingerprint density at radius 2 is 1.79 bits per heavy atom. The van der Waals surface area contributed by atoms with Gasteiger partial charge in [0, 0.05) is 50.8 Å². The van der Waals surface area contributed by atoms with Crippen molar-refractivity contribution >= 4 is 23.2 Å². The molecule has 1 atom stereocenters. The molecule has 2 aliphatic carbocycles.